The van der Waals surface area contributed by atoms with E-state index in [2.05, 4.69) is 117 Å². The van der Waals surface area contributed by atoms with Gasteiger partial charge < -0.3 is 10.2 Å². The molecule has 0 saturated carbocycles. The van der Waals surface area contributed by atoms with Crippen LogP contribution in [-0.2, 0) is 5.41 Å². The molecule has 0 aliphatic carbocycles. The monoisotopic (exact) mass is 565 g/mol. The Labute approximate surface area is 252 Å². The molecule has 0 saturated heterocycles. The first-order valence-electron chi connectivity index (χ1n) is 14.7. The van der Waals surface area contributed by atoms with E-state index in [0.717, 1.165) is 51.4 Å². The summed E-state index contributed by atoms with van der Waals surface area (Å²) in [5.74, 6) is 2.92. The quantitative estimate of drug-likeness (QED) is 0.239. The van der Waals surface area contributed by atoms with Gasteiger partial charge in [-0.3, -0.25) is 0 Å². The summed E-state index contributed by atoms with van der Waals surface area (Å²) in [5.41, 5.74) is 9.80. The second-order valence-electron chi connectivity index (χ2n) is 12.4. The Morgan fingerprint density at radius 3 is 2.28 bits per heavy atom. The SMILES string of the molecule is Cc1ccc(NC2=Nc3ccccc3N3C2=Nc2c(c(C)nn2-c2ccccn2)[C@H]3c2ccc(C(C)(C)C)cc2)cc1C. The van der Waals surface area contributed by atoms with Crippen LogP contribution in [0, 0.1) is 20.8 Å². The number of benzene rings is 3. The smallest absolute Gasteiger partial charge is 0.179 e. The maximum absolute atomic E-state index is 5.32. The number of aryl methyl sites for hydroxylation is 3. The lowest BCUT2D eigenvalue weighted by Crippen LogP contribution is -2.46. The highest BCUT2D eigenvalue weighted by atomic mass is 15.4. The molecule has 4 heterocycles. The van der Waals surface area contributed by atoms with E-state index in [1.165, 1.54) is 16.7 Å². The van der Waals surface area contributed by atoms with Crippen molar-refractivity contribution in [1.82, 2.24) is 14.8 Å². The summed E-state index contributed by atoms with van der Waals surface area (Å²) in [6.45, 7) is 13.0. The molecule has 1 atom stereocenters. The van der Waals surface area contributed by atoms with Crippen molar-refractivity contribution in [3.8, 4) is 5.82 Å². The molecule has 3 aromatic carbocycles. The maximum atomic E-state index is 5.32. The molecule has 5 aromatic rings. The van der Waals surface area contributed by atoms with Crippen molar-refractivity contribution in [2.45, 2.75) is 53.0 Å². The van der Waals surface area contributed by atoms with E-state index in [-0.39, 0.29) is 11.5 Å². The molecule has 43 heavy (non-hydrogen) atoms. The zero-order chi connectivity index (χ0) is 29.9. The summed E-state index contributed by atoms with van der Waals surface area (Å²) in [7, 11) is 0. The molecule has 0 unspecified atom stereocenters. The van der Waals surface area contributed by atoms with Crippen molar-refractivity contribution in [3.05, 3.63) is 125 Å². The van der Waals surface area contributed by atoms with Gasteiger partial charge in [0.1, 0.15) is 0 Å². The third kappa shape index (κ3) is 4.61. The largest absolute Gasteiger partial charge is 0.337 e. The summed E-state index contributed by atoms with van der Waals surface area (Å²) >= 11 is 0. The lowest BCUT2D eigenvalue weighted by atomic mass is 9.85. The third-order valence-electron chi connectivity index (χ3n) is 8.37. The first-order chi connectivity index (χ1) is 20.7. The highest BCUT2D eigenvalue weighted by molar-refractivity contribution is 6.51. The van der Waals surface area contributed by atoms with Gasteiger partial charge in [-0.15, -0.1) is 0 Å². The average Bonchev–Trinajstić information content (AvgIpc) is 3.34. The molecule has 214 valence electrons. The number of para-hydroxylation sites is 2. The van der Waals surface area contributed by atoms with Crippen molar-refractivity contribution < 1.29 is 0 Å². The van der Waals surface area contributed by atoms with Gasteiger partial charge in [0.05, 0.1) is 23.1 Å². The number of aliphatic imine (C=N–C) groups is 2. The van der Waals surface area contributed by atoms with E-state index < -0.39 is 0 Å². The van der Waals surface area contributed by atoms with E-state index in [1.807, 2.05) is 28.9 Å². The topological polar surface area (TPSA) is 70.7 Å². The van der Waals surface area contributed by atoms with Gasteiger partial charge in [0.15, 0.2) is 23.3 Å². The fraction of sp³-hybridized carbons (Fsp3) is 0.222. The minimum absolute atomic E-state index is 0.0519. The van der Waals surface area contributed by atoms with Crippen LogP contribution in [0.4, 0.5) is 22.9 Å². The van der Waals surface area contributed by atoms with Gasteiger partial charge in [-0.2, -0.15) is 9.78 Å². The molecule has 2 aliphatic rings. The Kier molecular flexibility index (Phi) is 6.27. The number of anilines is 2. The Morgan fingerprint density at radius 1 is 0.791 bits per heavy atom. The zero-order valence-corrected chi connectivity index (χ0v) is 25.4. The first-order valence-corrected chi connectivity index (χ1v) is 14.7. The van der Waals surface area contributed by atoms with Gasteiger partial charge in [-0.1, -0.05) is 69.3 Å². The fourth-order valence-electron chi connectivity index (χ4n) is 5.87. The molecule has 2 aliphatic heterocycles. The van der Waals surface area contributed by atoms with Gasteiger partial charge in [0.25, 0.3) is 0 Å². The van der Waals surface area contributed by atoms with Crippen molar-refractivity contribution >= 4 is 34.6 Å². The Balaban J connectivity index is 1.47. The summed E-state index contributed by atoms with van der Waals surface area (Å²) in [6.07, 6.45) is 1.79. The van der Waals surface area contributed by atoms with Gasteiger partial charge >= 0.3 is 0 Å². The van der Waals surface area contributed by atoms with Gasteiger partial charge in [-0.05, 0) is 84.8 Å². The Hall–Kier alpha value is -5.04. The highest BCUT2D eigenvalue weighted by Crippen LogP contribution is 2.48. The molecule has 1 N–H and O–H groups in total. The van der Waals surface area contributed by atoms with Gasteiger partial charge in [0.2, 0.25) is 0 Å². The zero-order valence-electron chi connectivity index (χ0n) is 25.4. The number of amidine groups is 2. The molecule has 0 radical (unpaired) electrons. The summed E-state index contributed by atoms with van der Waals surface area (Å²) in [4.78, 5) is 17.4. The standard InChI is InChI=1S/C36H35N7/c1-22-14-19-27(21-23(22)2)38-33-35-40-34-31(24(3)41-43(34)30-13-9-10-20-37-30)32(25-15-17-26(18-16-25)36(4,5)6)42(35)29-12-8-7-11-28(29)39-33/h7-21,32H,1-6H3,(H,38,39)/t32-/m1/s1. The fourth-order valence-corrected chi connectivity index (χ4v) is 5.87. The van der Waals surface area contributed by atoms with E-state index in [9.17, 15) is 0 Å². The summed E-state index contributed by atoms with van der Waals surface area (Å²) in [6, 6.07) is 29.3. The van der Waals surface area contributed by atoms with Crippen LogP contribution in [0.15, 0.2) is 101 Å². The molecule has 7 rings (SSSR count). The second-order valence-corrected chi connectivity index (χ2v) is 12.4. The van der Waals surface area contributed by atoms with Gasteiger partial charge in [0, 0.05) is 17.4 Å². The number of rotatable bonds is 3. The predicted octanol–water partition coefficient (Wildman–Crippen LogP) is 8.29. The molecule has 0 amide bonds. The van der Waals surface area contributed by atoms with Crippen LogP contribution in [-0.4, -0.2) is 26.4 Å². The normalized spacial score (nSPS) is 15.7. The first kappa shape index (κ1) is 26.8. The minimum atomic E-state index is -0.179. The summed E-state index contributed by atoms with van der Waals surface area (Å²) in [5, 5.41) is 8.62. The van der Waals surface area contributed by atoms with Crippen LogP contribution in [0.1, 0.15) is 60.3 Å². The number of hydrogen-bond donors (Lipinski definition) is 1. The van der Waals surface area contributed by atoms with Crippen LogP contribution in [0.25, 0.3) is 5.82 Å². The second kappa shape index (κ2) is 10.1. The van der Waals surface area contributed by atoms with E-state index >= 15 is 0 Å². The number of aromatic nitrogens is 3. The average molecular weight is 566 g/mol. The molecular formula is C36H35N7. The number of nitrogens with one attached hydrogen (secondary N) is 1. The van der Waals surface area contributed by atoms with Crippen LogP contribution < -0.4 is 10.2 Å². The molecule has 7 nitrogen and oxygen atoms in total. The van der Waals surface area contributed by atoms with E-state index in [0.29, 0.717) is 5.84 Å². The molecule has 0 fully saturated rings. The molecule has 0 spiro atoms. The molecule has 0 bridgehead atoms. The van der Waals surface area contributed by atoms with Crippen LogP contribution in [0.3, 0.4) is 0 Å². The predicted molar refractivity (Wildman–Crippen MR) is 176 cm³/mol. The maximum Gasteiger partial charge on any atom is 0.179 e. The highest BCUT2D eigenvalue weighted by Gasteiger charge is 2.41. The molecular weight excluding hydrogens is 530 g/mol. The Bertz CT molecular complexity index is 1910. The van der Waals surface area contributed by atoms with Crippen molar-refractivity contribution in [2.75, 3.05) is 10.2 Å². The Morgan fingerprint density at radius 2 is 1.56 bits per heavy atom. The van der Waals surface area contributed by atoms with E-state index in [1.54, 1.807) is 6.20 Å². The molecule has 7 heteroatoms. The van der Waals surface area contributed by atoms with E-state index in [4.69, 9.17) is 15.1 Å². The third-order valence-corrected chi connectivity index (χ3v) is 8.37. The van der Waals surface area contributed by atoms with Crippen LogP contribution in [0.2, 0.25) is 0 Å². The lowest BCUT2D eigenvalue weighted by molar-refractivity contribution is 0.589. The van der Waals surface area contributed by atoms with Crippen molar-refractivity contribution in [2.24, 2.45) is 9.98 Å². The van der Waals surface area contributed by atoms with Crippen LogP contribution in [0.5, 0.6) is 0 Å². The molecule has 2 aromatic heterocycles. The van der Waals surface area contributed by atoms with Crippen molar-refractivity contribution in [3.63, 3.8) is 0 Å². The lowest BCUT2D eigenvalue weighted by Gasteiger charge is -2.40. The van der Waals surface area contributed by atoms with Crippen molar-refractivity contribution in [1.29, 1.82) is 0 Å². The minimum Gasteiger partial charge on any atom is -0.337 e. The number of hydrogen-bond acceptors (Lipinski definition) is 6. The number of nitrogens with zero attached hydrogens (tertiary/aromatic N) is 6. The number of pyridine rings is 1. The van der Waals surface area contributed by atoms with Gasteiger partial charge in [-0.25, -0.2) is 15.0 Å². The van der Waals surface area contributed by atoms with Crippen LogP contribution >= 0.6 is 0 Å². The summed E-state index contributed by atoms with van der Waals surface area (Å²) < 4.78 is 1.86. The number of fused-ring (bicyclic) bond motifs is 4.